The van der Waals surface area contributed by atoms with Gasteiger partial charge in [-0.15, -0.1) is 0 Å². The first-order chi connectivity index (χ1) is 29.8. The molecule has 8 rings (SSSR count). The molecular formula is C58H58N2+2. The van der Waals surface area contributed by atoms with Gasteiger partial charge in [-0.25, -0.2) is 0 Å². The summed E-state index contributed by atoms with van der Waals surface area (Å²) in [4.78, 5) is 0. The summed E-state index contributed by atoms with van der Waals surface area (Å²) in [5.41, 5.74) is 15.2. The van der Waals surface area contributed by atoms with Gasteiger partial charge in [-0.05, 0) is 83.6 Å². The molecule has 0 fully saturated rings. The summed E-state index contributed by atoms with van der Waals surface area (Å²) in [5, 5.41) is 0. The van der Waals surface area contributed by atoms with Gasteiger partial charge in [0.15, 0.2) is 0 Å². The smallest absolute Gasteiger partial charge is 0.191 e. The van der Waals surface area contributed by atoms with Gasteiger partial charge in [0.2, 0.25) is 22.8 Å². The third kappa shape index (κ3) is 10.4. The van der Waals surface area contributed by atoms with Crippen LogP contribution in [0.15, 0.2) is 206 Å². The Morgan fingerprint density at radius 2 is 0.400 bits per heavy atom. The van der Waals surface area contributed by atoms with Gasteiger partial charge in [0.05, 0.1) is 0 Å². The van der Waals surface area contributed by atoms with Crippen molar-refractivity contribution in [2.24, 2.45) is 0 Å². The van der Waals surface area contributed by atoms with E-state index in [1.807, 2.05) is 0 Å². The summed E-state index contributed by atoms with van der Waals surface area (Å²) >= 11 is 0. The summed E-state index contributed by atoms with van der Waals surface area (Å²) in [5.74, 6) is 0. The van der Waals surface area contributed by atoms with Gasteiger partial charge >= 0.3 is 0 Å². The zero-order valence-electron chi connectivity index (χ0n) is 35.0. The van der Waals surface area contributed by atoms with Crippen molar-refractivity contribution in [2.75, 3.05) is 0 Å². The Balaban J connectivity index is 0.853. The average molecular weight is 783 g/mol. The minimum absolute atomic E-state index is 1.01. The maximum absolute atomic E-state index is 2.57. The number of hydrogen-bond donors (Lipinski definition) is 0. The first kappa shape index (κ1) is 40.4. The predicted octanol–water partition coefficient (Wildman–Crippen LogP) is 14.9. The van der Waals surface area contributed by atoms with E-state index in [1.165, 1.54) is 131 Å². The fraction of sp³-hybridized carbons (Fsp3) is 0.207. The normalized spacial score (nSPS) is 11.1. The second kappa shape index (κ2) is 21.0. The lowest BCUT2D eigenvalue weighted by atomic mass is 9.98. The van der Waals surface area contributed by atoms with Gasteiger partial charge in [-0.2, -0.15) is 9.13 Å². The quantitative estimate of drug-likeness (QED) is 0.0570. The summed E-state index contributed by atoms with van der Waals surface area (Å²) in [6, 6.07) is 74.9. The highest BCUT2D eigenvalue weighted by Gasteiger charge is 2.24. The minimum Gasteiger partial charge on any atom is -0.191 e. The van der Waals surface area contributed by atoms with Crippen molar-refractivity contribution in [2.45, 2.75) is 77.3 Å². The van der Waals surface area contributed by atoms with Gasteiger partial charge in [0.1, 0.15) is 13.1 Å². The van der Waals surface area contributed by atoms with E-state index in [9.17, 15) is 0 Å². The first-order valence-corrected chi connectivity index (χ1v) is 22.3. The molecule has 0 saturated heterocycles. The highest BCUT2D eigenvalue weighted by atomic mass is 15.0. The van der Waals surface area contributed by atoms with Crippen LogP contribution in [0.4, 0.5) is 0 Å². The molecule has 2 aromatic heterocycles. The first-order valence-electron chi connectivity index (χ1n) is 22.3. The molecule has 0 aliphatic rings. The zero-order chi connectivity index (χ0) is 40.6. The van der Waals surface area contributed by atoms with Crippen LogP contribution in [0.5, 0.6) is 0 Å². The molecule has 8 aromatic rings. The molecule has 2 heterocycles. The Morgan fingerprint density at radius 3 is 0.633 bits per heavy atom. The maximum Gasteiger partial charge on any atom is 0.213 e. The molecule has 0 spiro atoms. The third-order valence-corrected chi connectivity index (χ3v) is 11.8. The molecule has 60 heavy (non-hydrogen) atoms. The van der Waals surface area contributed by atoms with Crippen LogP contribution in [0.25, 0.3) is 67.3 Å². The van der Waals surface area contributed by atoms with Crippen molar-refractivity contribution >= 4 is 0 Å². The Kier molecular flexibility index (Phi) is 14.2. The standard InChI is InChI=1S/C58H58N2/c1(3-5-7-27-41-59-55(49-33-19-11-20-34-49)43-53(47-29-15-9-16-30-47)44-56(59)50-35-21-12-22-36-50)2-4-6-8-28-42-60-57(51-37-23-13-24-38-51)45-54(48-31-17-10-18-32-48)46-58(60)52-39-25-14-26-40-52/h9-26,29-40,43-46H,1-8,27-28,41-42H2/q+2. The zero-order valence-corrected chi connectivity index (χ0v) is 35.0. The van der Waals surface area contributed by atoms with Crippen LogP contribution in [0.3, 0.4) is 0 Å². The molecule has 0 unspecified atom stereocenters. The van der Waals surface area contributed by atoms with Crippen molar-refractivity contribution in [3.63, 3.8) is 0 Å². The molecule has 0 amide bonds. The lowest BCUT2D eigenvalue weighted by Crippen LogP contribution is -2.39. The van der Waals surface area contributed by atoms with Crippen LogP contribution in [-0.4, -0.2) is 0 Å². The minimum atomic E-state index is 1.01. The fourth-order valence-corrected chi connectivity index (χ4v) is 8.67. The highest BCUT2D eigenvalue weighted by Crippen LogP contribution is 2.31. The van der Waals surface area contributed by atoms with E-state index in [1.54, 1.807) is 0 Å². The van der Waals surface area contributed by atoms with E-state index < -0.39 is 0 Å². The molecule has 0 saturated carbocycles. The number of rotatable bonds is 19. The third-order valence-electron chi connectivity index (χ3n) is 11.8. The van der Waals surface area contributed by atoms with Crippen molar-refractivity contribution in [1.29, 1.82) is 0 Å². The predicted molar refractivity (Wildman–Crippen MR) is 252 cm³/mol. The molecular weight excluding hydrogens is 725 g/mol. The van der Waals surface area contributed by atoms with Crippen LogP contribution >= 0.6 is 0 Å². The molecule has 6 aromatic carbocycles. The molecule has 0 atom stereocenters. The SMILES string of the molecule is c1ccc(-c2cc(-c3ccccc3)[n+](CCCCCCCCCCCC[n+]3c(-c4ccccc4)cc(-c4ccccc4)cc3-c3ccccc3)c(-c3ccccc3)c2)cc1. The van der Waals surface area contributed by atoms with Crippen LogP contribution in [0, 0.1) is 0 Å². The van der Waals surface area contributed by atoms with Crippen LogP contribution in [0.2, 0.25) is 0 Å². The Morgan fingerprint density at radius 1 is 0.200 bits per heavy atom. The van der Waals surface area contributed by atoms with Gasteiger partial charge in [-0.3, -0.25) is 0 Å². The number of aromatic nitrogens is 2. The number of unbranched alkanes of at least 4 members (excludes halogenated alkanes) is 9. The van der Waals surface area contributed by atoms with E-state index >= 15 is 0 Å². The van der Waals surface area contributed by atoms with Gasteiger partial charge in [-0.1, -0.05) is 172 Å². The Labute approximate surface area is 358 Å². The lowest BCUT2D eigenvalue weighted by Gasteiger charge is -2.13. The second-order valence-corrected chi connectivity index (χ2v) is 16.1. The fourth-order valence-electron chi connectivity index (χ4n) is 8.67. The molecule has 0 aliphatic heterocycles. The Bertz CT molecular complexity index is 2200. The van der Waals surface area contributed by atoms with E-state index in [4.69, 9.17) is 0 Å². The summed E-state index contributed by atoms with van der Waals surface area (Å²) in [6.07, 6.45) is 12.7. The van der Waals surface area contributed by atoms with Crippen molar-refractivity contribution < 1.29 is 9.13 Å². The summed E-state index contributed by atoms with van der Waals surface area (Å²) < 4.78 is 5.14. The molecule has 0 N–H and O–H groups in total. The molecule has 0 radical (unpaired) electrons. The summed E-state index contributed by atoms with van der Waals surface area (Å²) in [7, 11) is 0. The summed E-state index contributed by atoms with van der Waals surface area (Å²) in [6.45, 7) is 2.02. The highest BCUT2D eigenvalue weighted by molar-refractivity contribution is 5.75. The second-order valence-electron chi connectivity index (χ2n) is 16.1. The number of nitrogens with zero attached hydrogens (tertiary/aromatic N) is 2. The molecule has 0 bridgehead atoms. The maximum atomic E-state index is 2.57. The average Bonchev–Trinajstić information content (AvgIpc) is 3.33. The number of pyridine rings is 2. The largest absolute Gasteiger partial charge is 0.213 e. The Hall–Kier alpha value is -6.38. The van der Waals surface area contributed by atoms with Gasteiger partial charge in [0.25, 0.3) is 0 Å². The monoisotopic (exact) mass is 782 g/mol. The molecule has 2 heteroatoms. The van der Waals surface area contributed by atoms with Crippen molar-refractivity contribution in [3.05, 3.63) is 206 Å². The van der Waals surface area contributed by atoms with E-state index in [0.717, 1.165) is 13.1 Å². The topological polar surface area (TPSA) is 7.76 Å². The van der Waals surface area contributed by atoms with Crippen LogP contribution in [-0.2, 0) is 13.1 Å². The number of benzene rings is 6. The lowest BCUT2D eigenvalue weighted by molar-refractivity contribution is -0.676. The molecule has 0 aliphatic carbocycles. The van der Waals surface area contributed by atoms with Crippen LogP contribution < -0.4 is 9.13 Å². The molecule has 298 valence electrons. The van der Waals surface area contributed by atoms with E-state index in [-0.39, 0.29) is 0 Å². The van der Waals surface area contributed by atoms with E-state index in [0.29, 0.717) is 0 Å². The van der Waals surface area contributed by atoms with Gasteiger partial charge in [0, 0.05) is 59.4 Å². The van der Waals surface area contributed by atoms with Crippen LogP contribution in [0.1, 0.15) is 64.2 Å². The van der Waals surface area contributed by atoms with Gasteiger partial charge < -0.3 is 0 Å². The van der Waals surface area contributed by atoms with Crippen molar-refractivity contribution in [3.8, 4) is 67.3 Å². The van der Waals surface area contributed by atoms with E-state index in [2.05, 4.69) is 215 Å². The molecule has 2 nitrogen and oxygen atoms in total. The number of hydrogen-bond acceptors (Lipinski definition) is 0. The van der Waals surface area contributed by atoms with Crippen molar-refractivity contribution in [1.82, 2.24) is 0 Å².